The molecule has 0 bridgehead atoms. The van der Waals surface area contributed by atoms with Crippen LogP contribution >= 0.6 is 11.3 Å². The molecule has 39 heavy (non-hydrogen) atoms. The third kappa shape index (κ3) is 4.50. The van der Waals surface area contributed by atoms with Gasteiger partial charge >= 0.3 is 0 Å². The average Bonchev–Trinajstić information content (AvgIpc) is 3.21. The highest BCUT2D eigenvalue weighted by atomic mass is 32.2. The van der Waals surface area contributed by atoms with E-state index in [-0.39, 0.29) is 10.0 Å². The zero-order valence-electron chi connectivity index (χ0n) is 21.2. The number of fused-ring (bicyclic) bond motifs is 3. The Balaban J connectivity index is 1.54. The predicted molar refractivity (Wildman–Crippen MR) is 142 cm³/mol. The lowest BCUT2D eigenvalue weighted by atomic mass is 10.1. The fourth-order valence-electron chi connectivity index (χ4n) is 5.15. The first-order valence-corrected chi connectivity index (χ1v) is 14.7. The maximum absolute atomic E-state index is 13.4. The molecule has 6 rings (SSSR count). The number of nitrogens with one attached hydrogen (secondary N) is 1. The summed E-state index contributed by atoms with van der Waals surface area (Å²) in [5.74, 6) is 0.637. The van der Waals surface area contributed by atoms with E-state index in [1.807, 2.05) is 18.0 Å². The minimum absolute atomic E-state index is 0.0605. The van der Waals surface area contributed by atoms with E-state index in [2.05, 4.69) is 36.8 Å². The Labute approximate surface area is 227 Å². The summed E-state index contributed by atoms with van der Waals surface area (Å²) in [7, 11) is -0.00694. The van der Waals surface area contributed by atoms with Crippen LogP contribution in [0.4, 0.5) is 14.6 Å². The van der Waals surface area contributed by atoms with Crippen LogP contribution in [0.3, 0.4) is 0 Å². The molecule has 1 unspecified atom stereocenters. The van der Waals surface area contributed by atoms with Crippen molar-refractivity contribution in [1.82, 2.24) is 34.4 Å². The molecule has 1 saturated heterocycles. The Morgan fingerprint density at radius 1 is 1.31 bits per heavy atom. The van der Waals surface area contributed by atoms with Gasteiger partial charge in [0, 0.05) is 25.0 Å². The number of anilines is 1. The first-order chi connectivity index (χ1) is 18.6. The molecule has 1 atom stereocenters. The number of aromatic nitrogens is 5. The number of nitriles is 1. The van der Waals surface area contributed by atoms with E-state index < -0.39 is 27.0 Å². The predicted octanol–water partition coefficient (Wildman–Crippen LogP) is 3.23. The second-order valence-electron chi connectivity index (χ2n) is 10.1. The van der Waals surface area contributed by atoms with Crippen molar-refractivity contribution >= 4 is 49.1 Å². The molecule has 2 aliphatic rings. The van der Waals surface area contributed by atoms with E-state index in [0.717, 1.165) is 25.9 Å². The van der Waals surface area contributed by atoms with Crippen molar-refractivity contribution in [3.05, 3.63) is 29.5 Å². The number of likely N-dealkylation sites (tertiary alicyclic amines) is 1. The summed E-state index contributed by atoms with van der Waals surface area (Å²) < 4.78 is 57.3. The number of alkyl halides is 2. The lowest BCUT2D eigenvalue weighted by Crippen LogP contribution is -2.37. The molecule has 1 aromatic carbocycles. The fourth-order valence-corrected chi connectivity index (χ4v) is 7.26. The Morgan fingerprint density at radius 3 is 2.74 bits per heavy atom. The zero-order chi connectivity index (χ0) is 27.5. The molecule has 1 aliphatic carbocycles. The first kappa shape index (κ1) is 25.9. The molecule has 0 spiro atoms. The molecule has 3 aromatic heterocycles. The SMILES string of the molecule is CN(CC1CCCN1C)c1ncnc2c1c1ccc(S(=O)(=O)NC3(C#N)CC3)cc1n2-c1nnc(C(F)F)s1. The molecule has 4 aromatic rings. The standard InChI is InChI=1S/C24H25F2N9O2S2/c1-33-9-3-4-14(33)11-34(2)20-18-16-6-5-15(39(36,37)32-24(12-27)7-8-24)10-17(16)35(21(18)29-13-28-20)23-31-30-22(38-23)19(25)26/h5-6,10,13-14,19,32H,3-4,7-9,11H2,1-2H3. The smallest absolute Gasteiger partial charge is 0.291 e. The van der Waals surface area contributed by atoms with Gasteiger partial charge in [-0.3, -0.25) is 4.57 Å². The average molecular weight is 574 g/mol. The first-order valence-electron chi connectivity index (χ1n) is 12.4. The van der Waals surface area contributed by atoms with Crippen molar-refractivity contribution in [3.8, 4) is 11.2 Å². The minimum atomic E-state index is -4.04. The Bertz CT molecular complexity index is 1730. The van der Waals surface area contributed by atoms with Gasteiger partial charge in [-0.25, -0.2) is 27.2 Å². The Morgan fingerprint density at radius 2 is 2.10 bits per heavy atom. The van der Waals surface area contributed by atoms with Gasteiger partial charge in [0.2, 0.25) is 15.2 Å². The largest absolute Gasteiger partial charge is 0.357 e. The molecule has 0 radical (unpaired) electrons. The van der Waals surface area contributed by atoms with Crippen molar-refractivity contribution < 1.29 is 17.2 Å². The number of likely N-dealkylation sites (N-methyl/N-ethyl adjacent to an activating group) is 2. The molecule has 0 amide bonds. The molecule has 1 aliphatic heterocycles. The molecule has 1 saturated carbocycles. The van der Waals surface area contributed by atoms with Gasteiger partial charge < -0.3 is 9.80 Å². The molecule has 15 heteroatoms. The highest BCUT2D eigenvalue weighted by Gasteiger charge is 2.47. The van der Waals surface area contributed by atoms with Crippen LogP contribution in [0.2, 0.25) is 0 Å². The van der Waals surface area contributed by atoms with Gasteiger partial charge in [0.15, 0.2) is 10.7 Å². The topological polar surface area (TPSA) is 133 Å². The number of benzene rings is 1. The third-order valence-corrected chi connectivity index (χ3v) is 9.88. The van der Waals surface area contributed by atoms with Gasteiger partial charge in [-0.05, 0) is 51.4 Å². The van der Waals surface area contributed by atoms with Gasteiger partial charge in [0.25, 0.3) is 6.43 Å². The van der Waals surface area contributed by atoms with Crippen molar-refractivity contribution in [2.75, 3.05) is 32.1 Å². The number of rotatable bonds is 8. The second-order valence-corrected chi connectivity index (χ2v) is 12.8. The minimum Gasteiger partial charge on any atom is -0.357 e. The summed E-state index contributed by atoms with van der Waals surface area (Å²) in [5, 5.41) is 18.0. The maximum atomic E-state index is 13.4. The summed E-state index contributed by atoms with van der Waals surface area (Å²) in [6, 6.07) is 6.95. The maximum Gasteiger partial charge on any atom is 0.291 e. The molecular weight excluding hydrogens is 548 g/mol. The van der Waals surface area contributed by atoms with Gasteiger partial charge in [-0.15, -0.1) is 10.2 Å². The highest BCUT2D eigenvalue weighted by Crippen LogP contribution is 2.39. The molecule has 11 nitrogen and oxygen atoms in total. The van der Waals surface area contributed by atoms with E-state index in [4.69, 9.17) is 0 Å². The van der Waals surface area contributed by atoms with Crippen molar-refractivity contribution in [2.45, 2.75) is 48.6 Å². The van der Waals surface area contributed by atoms with Crippen LogP contribution in [-0.2, 0) is 10.0 Å². The van der Waals surface area contributed by atoms with Gasteiger partial charge in [0.05, 0.1) is 21.9 Å². The van der Waals surface area contributed by atoms with Gasteiger partial charge in [-0.2, -0.15) is 9.98 Å². The Kier molecular flexibility index (Phi) is 6.25. The normalized spacial score (nSPS) is 19.2. The van der Waals surface area contributed by atoms with Crippen LogP contribution in [0.5, 0.6) is 0 Å². The van der Waals surface area contributed by atoms with Crippen molar-refractivity contribution in [3.63, 3.8) is 0 Å². The van der Waals surface area contributed by atoms with Crippen molar-refractivity contribution in [2.24, 2.45) is 0 Å². The number of halogens is 2. The molecule has 1 N–H and O–H groups in total. The van der Waals surface area contributed by atoms with Crippen LogP contribution in [0.25, 0.3) is 27.1 Å². The number of hydrogen-bond donors (Lipinski definition) is 1. The number of nitrogens with zero attached hydrogens (tertiary/aromatic N) is 8. The summed E-state index contributed by atoms with van der Waals surface area (Å²) in [4.78, 5) is 13.3. The van der Waals surface area contributed by atoms with E-state index in [1.54, 1.807) is 10.6 Å². The molecule has 4 heterocycles. The van der Waals surface area contributed by atoms with Crippen LogP contribution < -0.4 is 9.62 Å². The summed E-state index contributed by atoms with van der Waals surface area (Å²) in [5.41, 5.74) is -0.294. The monoisotopic (exact) mass is 573 g/mol. The van der Waals surface area contributed by atoms with Crippen LogP contribution in [0.1, 0.15) is 37.1 Å². The van der Waals surface area contributed by atoms with Gasteiger partial charge in [-0.1, -0.05) is 17.4 Å². The number of sulfonamides is 1. The summed E-state index contributed by atoms with van der Waals surface area (Å²) in [6.07, 6.45) is 1.66. The quantitative estimate of drug-likeness (QED) is 0.337. The number of hydrogen-bond acceptors (Lipinski definition) is 10. The Hall–Kier alpha value is -3.32. The lowest BCUT2D eigenvalue weighted by Gasteiger charge is -2.27. The van der Waals surface area contributed by atoms with Crippen LogP contribution in [0, 0.1) is 11.3 Å². The van der Waals surface area contributed by atoms with Gasteiger partial charge in [0.1, 0.15) is 17.7 Å². The van der Waals surface area contributed by atoms with Crippen LogP contribution in [0.15, 0.2) is 29.4 Å². The lowest BCUT2D eigenvalue weighted by molar-refractivity contribution is 0.150. The molecule has 2 fully saturated rings. The molecule has 204 valence electrons. The summed E-state index contributed by atoms with van der Waals surface area (Å²) in [6.45, 7) is 1.75. The highest BCUT2D eigenvalue weighted by molar-refractivity contribution is 7.89. The summed E-state index contributed by atoms with van der Waals surface area (Å²) >= 11 is 0.708. The van der Waals surface area contributed by atoms with E-state index in [0.29, 0.717) is 58.0 Å². The van der Waals surface area contributed by atoms with E-state index >= 15 is 0 Å². The van der Waals surface area contributed by atoms with Crippen LogP contribution in [-0.4, -0.2) is 76.8 Å². The van der Waals surface area contributed by atoms with E-state index in [9.17, 15) is 22.5 Å². The van der Waals surface area contributed by atoms with E-state index in [1.165, 1.54) is 18.5 Å². The van der Waals surface area contributed by atoms with Crippen molar-refractivity contribution in [1.29, 1.82) is 5.26 Å². The second kappa shape index (κ2) is 9.40. The fraction of sp³-hybridized carbons (Fsp3) is 0.458. The molecular formula is C24H25F2N9O2S2. The zero-order valence-corrected chi connectivity index (χ0v) is 22.8. The third-order valence-electron chi connectivity index (χ3n) is 7.43.